The summed E-state index contributed by atoms with van der Waals surface area (Å²) >= 11 is 0. The normalized spacial score (nSPS) is 17.4. The minimum atomic E-state index is -0.896. The summed E-state index contributed by atoms with van der Waals surface area (Å²) in [5.74, 6) is 2.41. The summed E-state index contributed by atoms with van der Waals surface area (Å²) in [7, 11) is 4.65. The number of rotatable bonds is 7. The van der Waals surface area contributed by atoms with E-state index in [1.807, 2.05) is 0 Å². The molecule has 10 heteroatoms. The topological polar surface area (TPSA) is 104 Å². The first-order valence-electron chi connectivity index (χ1n) is 11.2. The smallest absolute Gasteiger partial charge is 0.332 e. The molecule has 1 aliphatic rings. The lowest BCUT2D eigenvalue weighted by Gasteiger charge is -2.32. The van der Waals surface area contributed by atoms with Crippen LogP contribution >= 0.6 is 0 Å². The first-order chi connectivity index (χ1) is 15.8. The van der Waals surface area contributed by atoms with E-state index in [1.54, 1.807) is 43.0 Å². The predicted molar refractivity (Wildman–Crippen MR) is 125 cm³/mol. The molecule has 3 aromatic rings. The molecule has 0 amide bonds. The monoisotopic (exact) mass is 457 g/mol. The second-order valence-electron chi connectivity index (χ2n) is 8.73. The second kappa shape index (κ2) is 9.30. The summed E-state index contributed by atoms with van der Waals surface area (Å²) in [6, 6.07) is 7.10. The summed E-state index contributed by atoms with van der Waals surface area (Å²) in [6.45, 7) is 3.94. The number of benzene rings is 1. The van der Waals surface area contributed by atoms with E-state index in [-0.39, 0.29) is 13.2 Å². The third-order valence-corrected chi connectivity index (χ3v) is 6.16. The van der Waals surface area contributed by atoms with Gasteiger partial charge in [-0.3, -0.25) is 13.9 Å². The number of methoxy groups -OCH3 is 1. The molecule has 1 fully saturated rings. The third kappa shape index (κ3) is 4.47. The summed E-state index contributed by atoms with van der Waals surface area (Å²) in [6.07, 6.45) is 1.26. The molecule has 2 aromatic heterocycles. The SMILES string of the molecule is COc1ccc(OCC(O)Cn2c(N3CCCC(C)C3)nc3c2c(=O)n(C)c(=O)n3C)cc1. The molecule has 4 rings (SSSR count). The number of piperidine rings is 1. The van der Waals surface area contributed by atoms with E-state index >= 15 is 0 Å². The van der Waals surface area contributed by atoms with Gasteiger partial charge >= 0.3 is 5.69 Å². The molecule has 178 valence electrons. The van der Waals surface area contributed by atoms with E-state index in [1.165, 1.54) is 11.6 Å². The number of hydrogen-bond acceptors (Lipinski definition) is 7. The van der Waals surface area contributed by atoms with Gasteiger partial charge in [0.05, 0.1) is 13.7 Å². The van der Waals surface area contributed by atoms with Crippen molar-refractivity contribution >= 4 is 17.1 Å². The predicted octanol–water partition coefficient (Wildman–Crippen LogP) is 1.12. The van der Waals surface area contributed by atoms with Crippen molar-refractivity contribution in [2.45, 2.75) is 32.4 Å². The van der Waals surface area contributed by atoms with Crippen LogP contribution in [0.25, 0.3) is 11.2 Å². The fourth-order valence-electron chi connectivity index (χ4n) is 4.35. The molecule has 10 nitrogen and oxygen atoms in total. The van der Waals surface area contributed by atoms with Crippen LogP contribution in [0.15, 0.2) is 33.9 Å². The fraction of sp³-hybridized carbons (Fsp3) is 0.522. The van der Waals surface area contributed by atoms with Crippen LogP contribution in [0.2, 0.25) is 0 Å². The third-order valence-electron chi connectivity index (χ3n) is 6.16. The number of hydrogen-bond donors (Lipinski definition) is 1. The lowest BCUT2D eigenvalue weighted by molar-refractivity contribution is 0.0935. The number of imidazole rings is 1. The minimum absolute atomic E-state index is 0.0356. The van der Waals surface area contributed by atoms with E-state index in [0.29, 0.717) is 28.8 Å². The summed E-state index contributed by atoms with van der Waals surface area (Å²) in [5, 5.41) is 10.8. The first kappa shape index (κ1) is 22.9. The van der Waals surface area contributed by atoms with Crippen molar-refractivity contribution in [2.75, 3.05) is 31.7 Å². The molecular weight excluding hydrogens is 426 g/mol. The molecule has 33 heavy (non-hydrogen) atoms. The Bertz CT molecular complexity index is 1240. The van der Waals surface area contributed by atoms with E-state index in [4.69, 9.17) is 14.5 Å². The molecule has 1 aromatic carbocycles. The molecule has 2 atom stereocenters. The molecular formula is C23H31N5O5. The maximum absolute atomic E-state index is 13.0. The molecule has 1 aliphatic heterocycles. The number of nitrogens with zero attached hydrogens (tertiary/aromatic N) is 5. The molecule has 0 spiro atoms. The summed E-state index contributed by atoms with van der Waals surface area (Å²) in [5.41, 5.74) is -0.241. The van der Waals surface area contributed by atoms with Crippen molar-refractivity contribution in [3.8, 4) is 11.5 Å². The van der Waals surface area contributed by atoms with Crippen molar-refractivity contribution in [1.82, 2.24) is 18.7 Å². The van der Waals surface area contributed by atoms with Gasteiger partial charge in [0.15, 0.2) is 11.2 Å². The molecule has 0 bridgehead atoms. The first-order valence-corrected chi connectivity index (χ1v) is 11.2. The van der Waals surface area contributed by atoms with Gasteiger partial charge in [-0.25, -0.2) is 4.79 Å². The van der Waals surface area contributed by atoms with Crippen LogP contribution in [0.1, 0.15) is 19.8 Å². The van der Waals surface area contributed by atoms with E-state index in [0.717, 1.165) is 36.2 Å². The molecule has 0 aliphatic carbocycles. The lowest BCUT2D eigenvalue weighted by atomic mass is 10.0. The quantitative estimate of drug-likeness (QED) is 0.567. The fourth-order valence-corrected chi connectivity index (χ4v) is 4.35. The van der Waals surface area contributed by atoms with Gasteiger partial charge in [-0.1, -0.05) is 6.92 Å². The number of ether oxygens (including phenoxy) is 2. The minimum Gasteiger partial charge on any atom is -0.497 e. The van der Waals surface area contributed by atoms with Crippen LogP contribution in [0.5, 0.6) is 11.5 Å². The van der Waals surface area contributed by atoms with Crippen molar-refractivity contribution in [3.63, 3.8) is 0 Å². The van der Waals surface area contributed by atoms with Gasteiger partial charge in [0.1, 0.15) is 24.2 Å². The molecule has 0 radical (unpaired) electrons. The van der Waals surface area contributed by atoms with Crippen molar-refractivity contribution in [2.24, 2.45) is 20.0 Å². The van der Waals surface area contributed by atoms with Crippen LogP contribution in [0.4, 0.5) is 5.95 Å². The number of aromatic nitrogens is 4. The summed E-state index contributed by atoms with van der Waals surface area (Å²) < 4.78 is 15.1. The van der Waals surface area contributed by atoms with E-state index < -0.39 is 17.4 Å². The summed E-state index contributed by atoms with van der Waals surface area (Å²) in [4.78, 5) is 32.3. The highest BCUT2D eigenvalue weighted by Crippen LogP contribution is 2.26. The Kier molecular flexibility index (Phi) is 6.46. The standard InChI is InChI=1S/C23H31N5O5/c1-15-6-5-11-27(12-15)22-24-20-19(21(30)26(3)23(31)25(20)2)28(22)13-16(29)14-33-18-9-7-17(32-4)8-10-18/h7-10,15-16,29H,5-6,11-14H2,1-4H3. The number of anilines is 1. The second-order valence-corrected chi connectivity index (χ2v) is 8.73. The van der Waals surface area contributed by atoms with Gasteiger partial charge < -0.3 is 24.0 Å². The zero-order valence-electron chi connectivity index (χ0n) is 19.5. The van der Waals surface area contributed by atoms with Crippen molar-refractivity contribution in [3.05, 3.63) is 45.1 Å². The highest BCUT2D eigenvalue weighted by molar-refractivity contribution is 5.74. The van der Waals surface area contributed by atoms with E-state index in [9.17, 15) is 14.7 Å². The number of fused-ring (bicyclic) bond motifs is 1. The Morgan fingerprint density at radius 1 is 1.15 bits per heavy atom. The molecule has 1 saturated heterocycles. The van der Waals surface area contributed by atoms with Crippen LogP contribution in [-0.2, 0) is 20.6 Å². The zero-order chi connectivity index (χ0) is 23.7. The van der Waals surface area contributed by atoms with Crippen LogP contribution < -0.4 is 25.6 Å². The Balaban J connectivity index is 1.67. The van der Waals surface area contributed by atoms with Gasteiger partial charge in [-0.15, -0.1) is 0 Å². The van der Waals surface area contributed by atoms with Crippen LogP contribution in [-0.4, -0.2) is 56.7 Å². The van der Waals surface area contributed by atoms with Gasteiger partial charge in [-0.2, -0.15) is 4.98 Å². The maximum Gasteiger partial charge on any atom is 0.332 e. The molecule has 1 N–H and O–H groups in total. The molecule has 0 saturated carbocycles. The molecule has 3 heterocycles. The average Bonchev–Trinajstić information content (AvgIpc) is 3.19. The van der Waals surface area contributed by atoms with Crippen molar-refractivity contribution < 1.29 is 14.6 Å². The maximum atomic E-state index is 13.0. The average molecular weight is 458 g/mol. The number of aryl methyl sites for hydroxylation is 1. The number of aliphatic hydroxyl groups excluding tert-OH is 1. The Morgan fingerprint density at radius 3 is 2.52 bits per heavy atom. The molecule has 2 unspecified atom stereocenters. The Labute approximate surface area is 191 Å². The number of aliphatic hydroxyl groups is 1. The Morgan fingerprint density at radius 2 is 1.85 bits per heavy atom. The zero-order valence-corrected chi connectivity index (χ0v) is 19.5. The van der Waals surface area contributed by atoms with Crippen LogP contribution in [0.3, 0.4) is 0 Å². The van der Waals surface area contributed by atoms with Crippen molar-refractivity contribution in [1.29, 1.82) is 0 Å². The lowest BCUT2D eigenvalue weighted by Crippen LogP contribution is -2.39. The highest BCUT2D eigenvalue weighted by atomic mass is 16.5. The van der Waals surface area contributed by atoms with Gasteiger partial charge in [0.25, 0.3) is 5.56 Å². The highest BCUT2D eigenvalue weighted by Gasteiger charge is 2.26. The van der Waals surface area contributed by atoms with Gasteiger partial charge in [0, 0.05) is 27.2 Å². The van der Waals surface area contributed by atoms with Gasteiger partial charge in [0.2, 0.25) is 5.95 Å². The van der Waals surface area contributed by atoms with Crippen LogP contribution in [0, 0.1) is 5.92 Å². The Hall–Kier alpha value is -3.27. The largest absolute Gasteiger partial charge is 0.497 e. The van der Waals surface area contributed by atoms with Gasteiger partial charge in [-0.05, 0) is 43.0 Å². The van der Waals surface area contributed by atoms with E-state index in [2.05, 4.69) is 11.8 Å².